The third-order valence-corrected chi connectivity index (χ3v) is 6.04. The minimum absolute atomic E-state index is 0.0327. The fraction of sp³-hybridized carbons (Fsp3) is 0.0952. The van der Waals surface area contributed by atoms with E-state index in [1.807, 2.05) is 0 Å². The van der Waals surface area contributed by atoms with Gasteiger partial charge in [0.2, 0.25) is 0 Å². The Hall–Kier alpha value is -4.52. The number of nitro benzene ring substituents is 2. The van der Waals surface area contributed by atoms with Gasteiger partial charge >= 0.3 is 0 Å². The summed E-state index contributed by atoms with van der Waals surface area (Å²) in [6, 6.07) is 15.1. The molecule has 0 aliphatic rings. The molecule has 0 heterocycles. The zero-order valence-corrected chi connectivity index (χ0v) is 18.8. The Morgan fingerprint density at radius 3 is 2.15 bits per heavy atom. The summed E-state index contributed by atoms with van der Waals surface area (Å²) >= 11 is 0. The first-order chi connectivity index (χ1) is 16.1. The molecule has 0 fully saturated rings. The molecule has 0 aliphatic carbocycles. The van der Waals surface area contributed by atoms with Crippen molar-refractivity contribution < 1.29 is 23.0 Å². The Morgan fingerprint density at radius 1 is 0.941 bits per heavy atom. The quantitative estimate of drug-likeness (QED) is 0.259. The number of nitro groups is 2. The van der Waals surface area contributed by atoms with Crippen molar-refractivity contribution in [2.75, 3.05) is 17.3 Å². The van der Waals surface area contributed by atoms with Crippen molar-refractivity contribution in [1.29, 1.82) is 0 Å². The van der Waals surface area contributed by atoms with Gasteiger partial charge in [0.15, 0.2) is 0 Å². The number of nitrogens with one attached hydrogen (secondary N) is 2. The topological polar surface area (TPSA) is 166 Å². The van der Waals surface area contributed by atoms with E-state index in [1.165, 1.54) is 55.6 Å². The molecule has 0 amide bonds. The maximum absolute atomic E-state index is 12.7. The number of anilines is 2. The van der Waals surface area contributed by atoms with Crippen LogP contribution in [0.5, 0.6) is 5.75 Å². The number of ether oxygens (including phenoxy) is 1. The largest absolute Gasteiger partial charge is 0.497 e. The van der Waals surface area contributed by atoms with Crippen LogP contribution in [0.3, 0.4) is 0 Å². The second-order valence-corrected chi connectivity index (χ2v) is 8.57. The summed E-state index contributed by atoms with van der Waals surface area (Å²) in [7, 11) is -2.63. The van der Waals surface area contributed by atoms with Gasteiger partial charge in [0.1, 0.15) is 11.4 Å². The number of sulfonamides is 1. The average Bonchev–Trinajstić information content (AvgIpc) is 2.82. The number of methoxy groups -OCH3 is 1. The number of non-ortho nitro benzene ring substituents is 1. The van der Waals surface area contributed by atoms with Crippen LogP contribution in [-0.4, -0.2) is 31.1 Å². The van der Waals surface area contributed by atoms with Crippen molar-refractivity contribution >= 4 is 38.5 Å². The fourth-order valence-electron chi connectivity index (χ4n) is 2.83. The van der Waals surface area contributed by atoms with E-state index in [1.54, 1.807) is 19.1 Å². The molecule has 3 aromatic rings. The van der Waals surface area contributed by atoms with Crippen molar-refractivity contribution in [1.82, 2.24) is 0 Å². The van der Waals surface area contributed by atoms with Crippen LogP contribution in [0.15, 0.2) is 76.7 Å². The van der Waals surface area contributed by atoms with Crippen molar-refractivity contribution in [3.63, 3.8) is 0 Å². The smallest absolute Gasteiger partial charge is 0.295 e. The summed E-state index contributed by atoms with van der Waals surface area (Å²) in [5.41, 5.74) is 3.16. The van der Waals surface area contributed by atoms with E-state index in [-0.39, 0.29) is 22.0 Å². The van der Waals surface area contributed by atoms with Crippen molar-refractivity contribution in [3.05, 3.63) is 92.5 Å². The number of rotatable bonds is 9. The summed E-state index contributed by atoms with van der Waals surface area (Å²) in [6.07, 6.45) is 0. The molecule has 0 atom stereocenters. The maximum Gasteiger partial charge on any atom is 0.295 e. The van der Waals surface area contributed by atoms with E-state index >= 15 is 0 Å². The van der Waals surface area contributed by atoms with E-state index in [4.69, 9.17) is 4.74 Å². The van der Waals surface area contributed by atoms with Gasteiger partial charge in [0.05, 0.1) is 27.6 Å². The van der Waals surface area contributed by atoms with Crippen LogP contribution >= 0.6 is 0 Å². The van der Waals surface area contributed by atoms with Gasteiger partial charge in [-0.1, -0.05) is 0 Å². The molecule has 34 heavy (non-hydrogen) atoms. The predicted octanol–water partition coefficient (Wildman–Crippen LogP) is 4.15. The summed E-state index contributed by atoms with van der Waals surface area (Å²) < 4.78 is 32.8. The lowest BCUT2D eigenvalue weighted by Gasteiger charge is -2.10. The van der Waals surface area contributed by atoms with Crippen molar-refractivity contribution in [2.45, 2.75) is 11.8 Å². The molecule has 0 unspecified atom stereocenters. The molecule has 0 spiro atoms. The molecule has 3 rings (SSSR count). The SMILES string of the molecule is COc1ccc(NS(=O)(=O)c2ccc(N/N=C(\C)c3ccc([N+](=O)[O-])cc3)c([N+](=O)[O-])c2)cc1. The molecule has 0 aliphatic heterocycles. The Bertz CT molecular complexity index is 1360. The number of nitrogens with zero attached hydrogens (tertiary/aromatic N) is 3. The molecule has 13 heteroatoms. The Labute approximate surface area is 194 Å². The van der Waals surface area contributed by atoms with E-state index in [0.29, 0.717) is 17.0 Å². The molecular formula is C21H19N5O7S. The van der Waals surface area contributed by atoms with Gasteiger partial charge in [-0.25, -0.2) is 8.42 Å². The zero-order valence-electron chi connectivity index (χ0n) is 18.0. The number of benzene rings is 3. The van der Waals surface area contributed by atoms with Crippen LogP contribution in [0.4, 0.5) is 22.7 Å². The van der Waals surface area contributed by atoms with Gasteiger partial charge in [-0.05, 0) is 61.0 Å². The molecule has 0 saturated carbocycles. The van der Waals surface area contributed by atoms with Crippen molar-refractivity contribution in [3.8, 4) is 5.75 Å². The summed E-state index contributed by atoms with van der Waals surface area (Å²) in [5.74, 6) is 0.540. The van der Waals surface area contributed by atoms with Gasteiger partial charge in [-0.2, -0.15) is 5.10 Å². The van der Waals surface area contributed by atoms with Crippen LogP contribution in [0, 0.1) is 20.2 Å². The van der Waals surface area contributed by atoms with Crippen LogP contribution in [0.1, 0.15) is 12.5 Å². The minimum Gasteiger partial charge on any atom is -0.497 e. The second kappa shape index (κ2) is 9.95. The highest BCUT2D eigenvalue weighted by molar-refractivity contribution is 7.92. The van der Waals surface area contributed by atoms with Gasteiger partial charge in [0.25, 0.3) is 21.4 Å². The van der Waals surface area contributed by atoms with Crippen LogP contribution in [-0.2, 0) is 10.0 Å². The van der Waals surface area contributed by atoms with Crippen LogP contribution in [0.2, 0.25) is 0 Å². The van der Waals surface area contributed by atoms with E-state index in [0.717, 1.165) is 6.07 Å². The zero-order chi connectivity index (χ0) is 24.9. The fourth-order valence-corrected chi connectivity index (χ4v) is 3.91. The molecule has 0 radical (unpaired) electrons. The summed E-state index contributed by atoms with van der Waals surface area (Å²) in [5, 5.41) is 26.4. The lowest BCUT2D eigenvalue weighted by molar-refractivity contribution is -0.384. The van der Waals surface area contributed by atoms with Gasteiger partial charge in [-0.15, -0.1) is 0 Å². The number of hydrazone groups is 1. The van der Waals surface area contributed by atoms with Gasteiger partial charge in [0, 0.05) is 23.9 Å². The molecule has 2 N–H and O–H groups in total. The Balaban J connectivity index is 1.83. The standard InChI is InChI=1S/C21H19N5O7S/c1-14(15-3-7-17(8-4-15)25(27)28)22-23-20-12-11-19(13-21(20)26(29)30)34(31,32)24-16-5-9-18(33-2)10-6-16/h3-13,23-24H,1-2H3/b22-14+. The summed E-state index contributed by atoms with van der Waals surface area (Å²) in [4.78, 5) is 20.8. The van der Waals surface area contributed by atoms with Crippen LogP contribution < -0.4 is 14.9 Å². The van der Waals surface area contributed by atoms with Crippen LogP contribution in [0.25, 0.3) is 0 Å². The lowest BCUT2D eigenvalue weighted by Crippen LogP contribution is -2.13. The first-order valence-corrected chi connectivity index (χ1v) is 11.1. The molecule has 3 aromatic carbocycles. The first kappa shape index (κ1) is 24.1. The molecule has 0 saturated heterocycles. The first-order valence-electron chi connectivity index (χ1n) is 9.61. The van der Waals surface area contributed by atoms with E-state index in [2.05, 4.69) is 15.2 Å². The number of hydrogen-bond donors (Lipinski definition) is 2. The third kappa shape index (κ3) is 5.63. The summed E-state index contributed by atoms with van der Waals surface area (Å²) in [6.45, 7) is 1.61. The molecule has 176 valence electrons. The highest BCUT2D eigenvalue weighted by atomic mass is 32.2. The predicted molar refractivity (Wildman–Crippen MR) is 126 cm³/mol. The van der Waals surface area contributed by atoms with Crippen molar-refractivity contribution in [2.24, 2.45) is 5.10 Å². The highest BCUT2D eigenvalue weighted by Gasteiger charge is 2.22. The molecule has 12 nitrogen and oxygen atoms in total. The van der Waals surface area contributed by atoms with E-state index in [9.17, 15) is 28.6 Å². The van der Waals surface area contributed by atoms with Gasteiger partial charge in [-0.3, -0.25) is 30.4 Å². The van der Waals surface area contributed by atoms with E-state index < -0.39 is 25.6 Å². The Kier molecular flexibility index (Phi) is 7.06. The average molecular weight is 485 g/mol. The monoisotopic (exact) mass is 485 g/mol. The lowest BCUT2D eigenvalue weighted by atomic mass is 10.1. The number of hydrogen-bond acceptors (Lipinski definition) is 9. The minimum atomic E-state index is -4.10. The van der Waals surface area contributed by atoms with Gasteiger partial charge < -0.3 is 4.74 Å². The third-order valence-electron chi connectivity index (χ3n) is 4.66. The molecular weight excluding hydrogens is 466 g/mol. The second-order valence-electron chi connectivity index (χ2n) is 6.88. The maximum atomic E-state index is 12.7. The molecule has 0 bridgehead atoms. The highest BCUT2D eigenvalue weighted by Crippen LogP contribution is 2.29. The molecule has 0 aromatic heterocycles. The Morgan fingerprint density at radius 2 is 1.59 bits per heavy atom. The normalized spacial score (nSPS) is 11.5.